The minimum atomic E-state index is -0.145. The Hall–Kier alpha value is -3.91. The van der Waals surface area contributed by atoms with E-state index in [1.54, 1.807) is 24.3 Å². The zero-order valence-corrected chi connectivity index (χ0v) is 18.4. The summed E-state index contributed by atoms with van der Waals surface area (Å²) in [4.78, 5) is 33.9. The minimum absolute atomic E-state index is 0.0625. The molecule has 0 unspecified atom stereocenters. The Morgan fingerprint density at radius 1 is 1.00 bits per heavy atom. The van der Waals surface area contributed by atoms with Gasteiger partial charge in [0.05, 0.1) is 23.8 Å². The van der Waals surface area contributed by atoms with Crippen molar-refractivity contribution in [2.24, 2.45) is 7.05 Å². The van der Waals surface area contributed by atoms with Crippen LogP contribution in [0.3, 0.4) is 0 Å². The van der Waals surface area contributed by atoms with Gasteiger partial charge in [0.15, 0.2) is 5.76 Å². The Labute approximate surface area is 191 Å². The second-order valence-corrected chi connectivity index (χ2v) is 8.16. The zero-order chi connectivity index (χ0) is 22.8. The molecule has 1 N–H and O–H groups in total. The van der Waals surface area contributed by atoms with E-state index < -0.39 is 0 Å². The number of furan rings is 1. The highest BCUT2D eigenvalue weighted by molar-refractivity contribution is 6.04. The van der Waals surface area contributed by atoms with Gasteiger partial charge in [-0.05, 0) is 42.5 Å². The fourth-order valence-electron chi connectivity index (χ4n) is 4.13. The monoisotopic (exact) mass is 443 g/mol. The number of nitrogens with one attached hydrogen (secondary N) is 1. The van der Waals surface area contributed by atoms with Crippen molar-refractivity contribution < 1.29 is 14.0 Å². The van der Waals surface area contributed by atoms with E-state index in [-0.39, 0.29) is 11.8 Å². The van der Waals surface area contributed by atoms with Gasteiger partial charge in [-0.25, -0.2) is 4.98 Å². The van der Waals surface area contributed by atoms with Gasteiger partial charge in [0, 0.05) is 44.5 Å². The molecule has 1 saturated heterocycles. The molecule has 1 fully saturated rings. The number of hydrogen-bond donors (Lipinski definition) is 1. The van der Waals surface area contributed by atoms with Crippen LogP contribution in [-0.4, -0.2) is 57.3 Å². The third-order valence-corrected chi connectivity index (χ3v) is 6.02. The van der Waals surface area contributed by atoms with Crippen molar-refractivity contribution >= 4 is 28.5 Å². The average Bonchev–Trinajstić information content (AvgIpc) is 3.48. The number of piperazine rings is 1. The molecule has 0 bridgehead atoms. The Morgan fingerprint density at radius 3 is 2.52 bits per heavy atom. The van der Waals surface area contributed by atoms with Crippen LogP contribution in [0.15, 0.2) is 71.3 Å². The van der Waals surface area contributed by atoms with Crippen LogP contribution in [0.25, 0.3) is 11.0 Å². The molecule has 0 spiro atoms. The van der Waals surface area contributed by atoms with Crippen LogP contribution in [-0.2, 0) is 13.6 Å². The lowest BCUT2D eigenvalue weighted by atomic mass is 10.2. The number of anilines is 1. The predicted octanol–water partition coefficient (Wildman–Crippen LogP) is 3.38. The lowest BCUT2D eigenvalue weighted by molar-refractivity contribution is 0.0594. The summed E-state index contributed by atoms with van der Waals surface area (Å²) >= 11 is 0. The summed E-state index contributed by atoms with van der Waals surface area (Å²) < 4.78 is 7.32. The van der Waals surface area contributed by atoms with Crippen LogP contribution in [0, 0.1) is 0 Å². The third kappa shape index (κ3) is 4.38. The highest BCUT2D eigenvalue weighted by Crippen LogP contribution is 2.21. The van der Waals surface area contributed by atoms with Crippen molar-refractivity contribution in [1.82, 2.24) is 19.4 Å². The average molecular weight is 444 g/mol. The molecule has 4 aromatic rings. The van der Waals surface area contributed by atoms with Crippen molar-refractivity contribution in [1.29, 1.82) is 0 Å². The number of aromatic nitrogens is 2. The number of imidazole rings is 1. The van der Waals surface area contributed by atoms with E-state index in [0.29, 0.717) is 36.6 Å². The summed E-state index contributed by atoms with van der Waals surface area (Å²) in [5.74, 6) is 1.12. The van der Waals surface area contributed by atoms with Crippen molar-refractivity contribution in [3.05, 3.63) is 84.1 Å². The molecule has 0 radical (unpaired) electrons. The Balaban J connectivity index is 1.24. The summed E-state index contributed by atoms with van der Waals surface area (Å²) in [5.41, 5.74) is 3.18. The summed E-state index contributed by atoms with van der Waals surface area (Å²) in [6, 6.07) is 18.3. The first kappa shape index (κ1) is 21.0. The molecule has 8 heteroatoms. The predicted molar refractivity (Wildman–Crippen MR) is 125 cm³/mol. The van der Waals surface area contributed by atoms with E-state index in [0.717, 1.165) is 29.9 Å². The lowest BCUT2D eigenvalue weighted by Crippen LogP contribution is -2.48. The first-order valence-corrected chi connectivity index (χ1v) is 11.0. The van der Waals surface area contributed by atoms with Crippen LogP contribution in [0.2, 0.25) is 0 Å². The molecule has 2 amide bonds. The van der Waals surface area contributed by atoms with Gasteiger partial charge in [0.25, 0.3) is 11.8 Å². The summed E-state index contributed by atoms with van der Waals surface area (Å²) in [7, 11) is 2.00. The molecule has 0 aliphatic carbocycles. The van der Waals surface area contributed by atoms with Crippen LogP contribution < -0.4 is 5.32 Å². The first-order valence-electron chi connectivity index (χ1n) is 11.0. The fraction of sp³-hybridized carbons (Fsp3) is 0.240. The SMILES string of the molecule is Cn1c(CN2CCN(C(=O)c3ccco3)CC2)nc2cc(NC(=O)c3ccccc3)ccc21. The summed E-state index contributed by atoms with van der Waals surface area (Å²) in [6.07, 6.45) is 1.52. The van der Waals surface area contributed by atoms with Gasteiger partial charge >= 0.3 is 0 Å². The van der Waals surface area contributed by atoms with Crippen LogP contribution in [0.4, 0.5) is 5.69 Å². The van der Waals surface area contributed by atoms with Crippen molar-refractivity contribution in [2.75, 3.05) is 31.5 Å². The van der Waals surface area contributed by atoms with Crippen molar-refractivity contribution in [3.8, 4) is 0 Å². The number of nitrogens with zero attached hydrogens (tertiary/aromatic N) is 4. The van der Waals surface area contributed by atoms with Gasteiger partial charge in [0.2, 0.25) is 0 Å². The van der Waals surface area contributed by atoms with Gasteiger partial charge in [-0.1, -0.05) is 18.2 Å². The number of rotatable bonds is 5. The van der Waals surface area contributed by atoms with E-state index in [9.17, 15) is 9.59 Å². The number of aryl methyl sites for hydroxylation is 1. The number of carbonyl (C=O) groups excluding carboxylic acids is 2. The van der Waals surface area contributed by atoms with E-state index in [1.165, 1.54) is 6.26 Å². The van der Waals surface area contributed by atoms with Gasteiger partial charge in [-0.3, -0.25) is 14.5 Å². The Kier molecular flexibility index (Phi) is 5.66. The van der Waals surface area contributed by atoms with E-state index in [4.69, 9.17) is 9.40 Å². The van der Waals surface area contributed by atoms with E-state index in [2.05, 4.69) is 14.8 Å². The smallest absolute Gasteiger partial charge is 0.289 e. The fourth-order valence-corrected chi connectivity index (χ4v) is 4.13. The molecular formula is C25H25N5O3. The van der Waals surface area contributed by atoms with Gasteiger partial charge in [0.1, 0.15) is 5.82 Å². The number of carbonyl (C=O) groups is 2. The minimum Gasteiger partial charge on any atom is -0.459 e. The summed E-state index contributed by atoms with van der Waals surface area (Å²) in [6.45, 7) is 3.54. The molecule has 1 aliphatic heterocycles. The second kappa shape index (κ2) is 8.91. The molecule has 2 aromatic heterocycles. The number of fused-ring (bicyclic) bond motifs is 1. The topological polar surface area (TPSA) is 83.6 Å². The van der Waals surface area contributed by atoms with E-state index in [1.807, 2.05) is 48.3 Å². The molecule has 0 saturated carbocycles. The van der Waals surface area contributed by atoms with Crippen molar-refractivity contribution in [2.45, 2.75) is 6.54 Å². The number of benzene rings is 2. The van der Waals surface area contributed by atoms with Gasteiger partial charge in [-0.15, -0.1) is 0 Å². The highest BCUT2D eigenvalue weighted by Gasteiger charge is 2.24. The molecule has 1 aliphatic rings. The van der Waals surface area contributed by atoms with Crippen molar-refractivity contribution in [3.63, 3.8) is 0 Å². The highest BCUT2D eigenvalue weighted by atomic mass is 16.3. The maximum Gasteiger partial charge on any atom is 0.289 e. The van der Waals surface area contributed by atoms with Crippen LogP contribution in [0.5, 0.6) is 0 Å². The molecule has 5 rings (SSSR count). The summed E-state index contributed by atoms with van der Waals surface area (Å²) in [5, 5.41) is 2.94. The molecule has 168 valence electrons. The number of amides is 2. The molecule has 2 aromatic carbocycles. The zero-order valence-electron chi connectivity index (χ0n) is 18.4. The molecule has 3 heterocycles. The molecule has 0 atom stereocenters. The maximum absolute atomic E-state index is 12.5. The van der Waals surface area contributed by atoms with Gasteiger partial charge in [-0.2, -0.15) is 0 Å². The number of hydrogen-bond acceptors (Lipinski definition) is 5. The lowest BCUT2D eigenvalue weighted by Gasteiger charge is -2.34. The molecule has 8 nitrogen and oxygen atoms in total. The van der Waals surface area contributed by atoms with E-state index >= 15 is 0 Å². The second-order valence-electron chi connectivity index (χ2n) is 8.16. The first-order chi connectivity index (χ1) is 16.1. The maximum atomic E-state index is 12.5. The Bertz CT molecular complexity index is 1270. The quantitative estimate of drug-likeness (QED) is 0.511. The third-order valence-electron chi connectivity index (χ3n) is 6.02. The van der Waals surface area contributed by atoms with Crippen LogP contribution in [0.1, 0.15) is 26.7 Å². The van der Waals surface area contributed by atoms with Crippen LogP contribution >= 0.6 is 0 Å². The molecular weight excluding hydrogens is 418 g/mol. The standard InChI is InChI=1S/C25H25N5O3/c1-28-21-10-9-19(26-24(31)18-6-3-2-4-7-18)16-20(21)27-23(28)17-29-11-13-30(14-12-29)25(32)22-8-5-15-33-22/h2-10,15-16H,11-14,17H2,1H3,(H,26,31). The largest absolute Gasteiger partial charge is 0.459 e. The Morgan fingerprint density at radius 2 is 1.79 bits per heavy atom. The van der Waals surface area contributed by atoms with Gasteiger partial charge < -0.3 is 19.2 Å². The normalized spacial score (nSPS) is 14.5. The molecule has 33 heavy (non-hydrogen) atoms.